The number of aliphatic hydroxyl groups excluding tert-OH is 2. The predicted molar refractivity (Wildman–Crippen MR) is 165 cm³/mol. The fourth-order valence-electron chi connectivity index (χ4n) is 5.62. The van der Waals surface area contributed by atoms with E-state index in [2.05, 4.69) is 4.72 Å². The molecule has 1 aliphatic rings. The number of aliphatic hydroxyl groups is 2. The summed E-state index contributed by atoms with van der Waals surface area (Å²) in [6.07, 6.45) is 3.37. The van der Waals surface area contributed by atoms with Crippen molar-refractivity contribution < 1.29 is 33.3 Å². The van der Waals surface area contributed by atoms with Crippen LogP contribution in [0.2, 0.25) is 0 Å². The molecule has 1 saturated carbocycles. The van der Waals surface area contributed by atoms with Gasteiger partial charge in [-0.05, 0) is 71.9 Å². The zero-order valence-corrected chi connectivity index (χ0v) is 25.0. The monoisotopic (exact) mass is 608 g/mol. The molecule has 0 spiro atoms. The number of carbonyl (C=O) groups is 2. The number of rotatable bonds is 14. The molecule has 0 unspecified atom stereocenters. The van der Waals surface area contributed by atoms with Crippen LogP contribution in [0, 0.1) is 0 Å². The molecular weight excluding hydrogens is 568 g/mol. The fraction of sp³-hybridized carbons (Fsp3) is 0.394. The number of sulfonamides is 1. The third-order valence-corrected chi connectivity index (χ3v) is 9.26. The van der Waals surface area contributed by atoms with Crippen molar-refractivity contribution >= 4 is 22.0 Å². The van der Waals surface area contributed by atoms with Crippen LogP contribution in [0.1, 0.15) is 77.6 Å². The second kappa shape index (κ2) is 15.1. The second-order valence-corrected chi connectivity index (χ2v) is 12.9. The molecule has 0 saturated heterocycles. The van der Waals surface area contributed by atoms with Crippen LogP contribution in [-0.2, 0) is 16.4 Å². The van der Waals surface area contributed by atoms with Crippen molar-refractivity contribution in [2.45, 2.75) is 57.0 Å². The fourth-order valence-corrected chi connectivity index (χ4v) is 6.62. The Bertz CT molecular complexity index is 1470. The molecule has 1 atom stereocenters. The number of amides is 2. The van der Waals surface area contributed by atoms with Gasteiger partial charge in [-0.25, -0.2) is 17.9 Å². The standard InChI is InChI=1S/C33H40N2O7S/c36-20-7-21-43(41,42)34-32(38)29-18-17-28(22-30(29)26-9-4-5-10-26)25-15-13-24(14-16-25)8-6-19-35(33(39)40)23-31(37)27-11-2-1-3-12-27/h1-3,11-18,22,26,31,36-37H,4-10,19-21,23H2,(H,34,38)(H,39,40)/t31-/m0/s1. The summed E-state index contributed by atoms with van der Waals surface area (Å²) >= 11 is 0. The molecule has 0 radical (unpaired) electrons. The Kier molecular flexibility index (Phi) is 11.3. The highest BCUT2D eigenvalue weighted by molar-refractivity contribution is 7.90. The number of carboxylic acid groups (broad SMARTS) is 1. The normalized spacial score (nSPS) is 14.4. The first kappa shape index (κ1) is 32.2. The maximum atomic E-state index is 13.0. The Morgan fingerprint density at radius 2 is 1.60 bits per heavy atom. The Balaban J connectivity index is 1.41. The second-order valence-electron chi connectivity index (χ2n) is 11.1. The molecule has 1 aliphatic carbocycles. The van der Waals surface area contributed by atoms with Gasteiger partial charge in [-0.2, -0.15) is 0 Å². The van der Waals surface area contributed by atoms with E-state index >= 15 is 0 Å². The SMILES string of the molecule is O=C(NS(=O)(=O)CCCO)c1ccc(-c2ccc(CCCN(C[C@H](O)c3ccccc3)C(=O)O)cc2)cc1C1CCCC1. The van der Waals surface area contributed by atoms with E-state index in [1.54, 1.807) is 18.2 Å². The third-order valence-electron chi connectivity index (χ3n) is 7.94. The van der Waals surface area contributed by atoms with E-state index in [9.17, 15) is 28.2 Å². The number of hydrogen-bond acceptors (Lipinski definition) is 6. The van der Waals surface area contributed by atoms with Gasteiger partial charge < -0.3 is 20.2 Å². The summed E-state index contributed by atoms with van der Waals surface area (Å²) in [5, 5.41) is 29.0. The van der Waals surface area contributed by atoms with Crippen molar-refractivity contribution in [3.63, 3.8) is 0 Å². The quantitative estimate of drug-likeness (QED) is 0.199. The molecule has 230 valence electrons. The minimum absolute atomic E-state index is 0.00419. The van der Waals surface area contributed by atoms with Gasteiger partial charge in [0, 0.05) is 18.7 Å². The lowest BCUT2D eigenvalue weighted by Crippen LogP contribution is -2.34. The summed E-state index contributed by atoms with van der Waals surface area (Å²) < 4.78 is 26.7. The van der Waals surface area contributed by atoms with Crippen molar-refractivity contribution in [3.05, 3.63) is 95.1 Å². The van der Waals surface area contributed by atoms with Crippen molar-refractivity contribution in [2.24, 2.45) is 0 Å². The molecule has 10 heteroatoms. The number of nitrogens with one attached hydrogen (secondary N) is 1. The summed E-state index contributed by atoms with van der Waals surface area (Å²) in [6.45, 7) is 0.0325. The lowest BCUT2D eigenvalue weighted by molar-refractivity contribution is 0.0962. The van der Waals surface area contributed by atoms with Crippen LogP contribution in [0.3, 0.4) is 0 Å². The van der Waals surface area contributed by atoms with E-state index in [1.807, 2.05) is 54.6 Å². The Hall–Kier alpha value is -3.73. The van der Waals surface area contributed by atoms with E-state index in [-0.39, 0.29) is 31.2 Å². The first-order chi connectivity index (χ1) is 20.7. The van der Waals surface area contributed by atoms with E-state index in [4.69, 9.17) is 5.11 Å². The number of aryl methyl sites for hydroxylation is 1. The van der Waals surface area contributed by atoms with Crippen LogP contribution >= 0.6 is 0 Å². The zero-order valence-electron chi connectivity index (χ0n) is 24.2. The molecule has 0 aromatic heterocycles. The smallest absolute Gasteiger partial charge is 0.407 e. The Morgan fingerprint density at radius 1 is 0.930 bits per heavy atom. The summed E-state index contributed by atoms with van der Waals surface area (Å²) in [4.78, 5) is 26.0. The lowest BCUT2D eigenvalue weighted by Gasteiger charge is -2.22. The first-order valence-corrected chi connectivity index (χ1v) is 16.4. The lowest BCUT2D eigenvalue weighted by atomic mass is 9.89. The number of carbonyl (C=O) groups excluding carboxylic acids is 1. The van der Waals surface area contributed by atoms with Crippen molar-refractivity contribution in [1.82, 2.24) is 9.62 Å². The van der Waals surface area contributed by atoms with Gasteiger partial charge in [-0.15, -0.1) is 0 Å². The summed E-state index contributed by atoms with van der Waals surface area (Å²) in [5.74, 6) is -0.784. The Morgan fingerprint density at radius 3 is 2.26 bits per heavy atom. The average molecular weight is 609 g/mol. The van der Waals surface area contributed by atoms with Crippen LogP contribution in [-0.4, -0.2) is 66.1 Å². The molecule has 0 heterocycles. The molecule has 9 nitrogen and oxygen atoms in total. The Labute approximate surface area is 253 Å². The maximum absolute atomic E-state index is 13.0. The van der Waals surface area contributed by atoms with Gasteiger partial charge >= 0.3 is 6.09 Å². The van der Waals surface area contributed by atoms with Gasteiger partial charge in [0.25, 0.3) is 5.91 Å². The largest absolute Gasteiger partial charge is 0.465 e. The molecule has 43 heavy (non-hydrogen) atoms. The maximum Gasteiger partial charge on any atom is 0.407 e. The molecule has 3 aromatic carbocycles. The van der Waals surface area contributed by atoms with Crippen LogP contribution in [0.5, 0.6) is 0 Å². The van der Waals surface area contributed by atoms with E-state index < -0.39 is 28.1 Å². The molecular formula is C33H40N2O7S. The van der Waals surface area contributed by atoms with Crippen molar-refractivity contribution in [1.29, 1.82) is 0 Å². The minimum atomic E-state index is -3.84. The van der Waals surface area contributed by atoms with Crippen LogP contribution < -0.4 is 4.72 Å². The minimum Gasteiger partial charge on any atom is -0.465 e. The van der Waals surface area contributed by atoms with E-state index in [0.717, 1.165) is 47.9 Å². The van der Waals surface area contributed by atoms with Crippen LogP contribution in [0.4, 0.5) is 4.79 Å². The van der Waals surface area contributed by atoms with Gasteiger partial charge in [0.05, 0.1) is 18.4 Å². The van der Waals surface area contributed by atoms with Gasteiger partial charge in [0.2, 0.25) is 10.0 Å². The van der Waals surface area contributed by atoms with Crippen molar-refractivity contribution in [2.75, 3.05) is 25.4 Å². The molecule has 1 fully saturated rings. The van der Waals surface area contributed by atoms with Crippen molar-refractivity contribution in [3.8, 4) is 11.1 Å². The van der Waals surface area contributed by atoms with Gasteiger partial charge in [0.15, 0.2) is 0 Å². The zero-order chi connectivity index (χ0) is 30.8. The average Bonchev–Trinajstić information content (AvgIpc) is 3.55. The topological polar surface area (TPSA) is 144 Å². The van der Waals surface area contributed by atoms with Gasteiger partial charge in [0.1, 0.15) is 0 Å². The molecule has 2 amide bonds. The number of benzene rings is 3. The highest BCUT2D eigenvalue weighted by Crippen LogP contribution is 2.38. The predicted octanol–water partition coefficient (Wildman–Crippen LogP) is 5.10. The highest BCUT2D eigenvalue weighted by atomic mass is 32.2. The molecule has 4 rings (SSSR count). The third kappa shape index (κ3) is 9.13. The molecule has 0 bridgehead atoms. The summed E-state index contributed by atoms with van der Waals surface area (Å²) in [6, 6.07) is 22.5. The van der Waals surface area contributed by atoms with Crippen LogP contribution in [0.15, 0.2) is 72.8 Å². The molecule has 4 N–H and O–H groups in total. The highest BCUT2D eigenvalue weighted by Gasteiger charge is 2.25. The van der Waals surface area contributed by atoms with E-state index in [0.29, 0.717) is 30.5 Å². The summed E-state index contributed by atoms with van der Waals surface area (Å²) in [7, 11) is -3.84. The van der Waals surface area contributed by atoms with Crippen LogP contribution in [0.25, 0.3) is 11.1 Å². The summed E-state index contributed by atoms with van der Waals surface area (Å²) in [5.41, 5.74) is 4.83. The van der Waals surface area contributed by atoms with Gasteiger partial charge in [-0.3, -0.25) is 4.79 Å². The van der Waals surface area contributed by atoms with E-state index in [1.165, 1.54) is 4.90 Å². The van der Waals surface area contributed by atoms with Gasteiger partial charge in [-0.1, -0.05) is 79.6 Å². The molecule has 0 aliphatic heterocycles. The number of hydrogen-bond donors (Lipinski definition) is 4. The molecule has 3 aromatic rings. The number of nitrogens with zero attached hydrogens (tertiary/aromatic N) is 1. The first-order valence-electron chi connectivity index (χ1n) is 14.8.